The highest BCUT2D eigenvalue weighted by Gasteiger charge is 2.55. The molecule has 0 aromatic carbocycles. The second kappa shape index (κ2) is 35.8. The lowest BCUT2D eigenvalue weighted by molar-refractivity contribution is -0.368. The SMILES string of the molecule is COC(=O)[C@H]1[C@@H]2C[C@@H](O[C@@H]3O[C@H](C)[C@@H](O)[C@H](NC[C@@]4(O)OC[C@@H](O)[C@@H](O[C@@H]5O[C@H](CO)[C@H](O)[C@H](O)[C@H]5O)[C@@H]4O)[C@@H]3O)/C=C/C=C/C=C/C=C/C=C/C=C/C=C/[C@H](C)[C@@H](O)[C@@H](C)[C@H](C)OC(=O)C[C@H](O)C[C@H](O)CC[C@@H](O)[C@H](O)C[C@H](O)[C@@H](O)C(C[C@@H]1O)O2. The number of hydrogen-bond donors (Lipinski definition) is 18. The summed E-state index contributed by atoms with van der Waals surface area (Å²) in [5.41, 5.74) is 0. The monoisotopic (exact) mass is 1260 g/mol. The van der Waals surface area contributed by atoms with Crippen LogP contribution in [0.2, 0.25) is 0 Å². The highest BCUT2D eigenvalue weighted by Crippen LogP contribution is 2.36. The summed E-state index contributed by atoms with van der Waals surface area (Å²) >= 11 is 0. The van der Waals surface area contributed by atoms with Gasteiger partial charge in [-0.3, -0.25) is 9.59 Å². The molecule has 28 heteroatoms. The topological polar surface area (TPSA) is 464 Å². The second-order valence-corrected chi connectivity index (χ2v) is 23.4. The number of carbonyl (C=O) groups is 2. The van der Waals surface area contributed by atoms with Crippen molar-refractivity contribution in [1.82, 2.24) is 5.32 Å². The molecule has 18 N–H and O–H groups in total. The van der Waals surface area contributed by atoms with E-state index in [0.717, 1.165) is 7.11 Å². The summed E-state index contributed by atoms with van der Waals surface area (Å²) in [7, 11) is 1.07. The first-order chi connectivity index (χ1) is 41.6. The molecule has 0 aliphatic carbocycles. The Bertz CT molecular complexity index is 2320. The van der Waals surface area contributed by atoms with Crippen molar-refractivity contribution in [2.75, 3.05) is 26.9 Å². The fraction of sp³-hybridized carbons (Fsp3) is 0.733. The van der Waals surface area contributed by atoms with E-state index >= 15 is 0 Å². The van der Waals surface area contributed by atoms with Gasteiger partial charge in [-0.1, -0.05) is 98.9 Å². The molecule has 5 rings (SSSR count). The normalized spacial score (nSPS) is 47.3. The predicted molar refractivity (Wildman–Crippen MR) is 307 cm³/mol. The molecule has 5 aliphatic heterocycles. The van der Waals surface area contributed by atoms with Crippen LogP contribution in [0, 0.1) is 17.8 Å². The van der Waals surface area contributed by atoms with Gasteiger partial charge in [0, 0.05) is 31.1 Å². The summed E-state index contributed by atoms with van der Waals surface area (Å²) in [6, 6.07) is -1.46. The second-order valence-electron chi connectivity index (χ2n) is 23.4. The molecular weight excluding hydrogens is 1170 g/mol. The van der Waals surface area contributed by atoms with Crippen molar-refractivity contribution in [2.45, 2.75) is 231 Å². The Morgan fingerprint density at radius 3 is 1.80 bits per heavy atom. The standard InChI is InChI=1S/C60H95NO27/c1-30-18-16-14-12-10-8-6-7-9-11-13-15-17-19-36(85-58-52(75)47(49(72)33(4)84-58)61-29-60(80)56(78)55(41(69)28-82-60)88-59-54(77)53(76)51(74)44(27-62)87-59)24-42-46(57(79)81-5)39(67)26-43(86-42)50(73)40(68)25-38(66)37(65)21-20-34(63)22-35(64)23-45(70)83-32(3)31(2)48(30)71/h6-19,30-44,46-56,58-59,61-69,71-78,80H,20-29H2,1-5H3/b7-6+,10-8+,11-9+,14-12+,15-13+,18-16+,19-17+/t30-,31-,32-,33+,34+,35+,36-,37+,38+,39-,40-,41+,42-,43?,44+,46+,47-,48+,49+,50+,51-,52-,53-,54+,55+,56-,58-,59-,60+/m0/s1. The number of methoxy groups -OCH3 is 1. The maximum atomic E-state index is 13.4. The quantitative estimate of drug-likeness (QED) is 0.0972. The van der Waals surface area contributed by atoms with Gasteiger partial charge >= 0.3 is 11.9 Å². The lowest BCUT2D eigenvalue weighted by Crippen LogP contribution is -2.70. The van der Waals surface area contributed by atoms with Crippen LogP contribution in [0.4, 0.5) is 0 Å². The fourth-order valence-electron chi connectivity index (χ4n) is 11.0. The van der Waals surface area contributed by atoms with Crippen molar-refractivity contribution in [1.29, 1.82) is 0 Å². The number of aliphatic hydroxyl groups excluding tert-OH is 16. The van der Waals surface area contributed by atoms with E-state index in [0.29, 0.717) is 0 Å². The zero-order valence-electron chi connectivity index (χ0n) is 50.0. The largest absolute Gasteiger partial charge is 0.469 e. The number of hydrogen-bond acceptors (Lipinski definition) is 28. The Balaban J connectivity index is 1.38. The molecule has 88 heavy (non-hydrogen) atoms. The minimum atomic E-state index is -2.67. The van der Waals surface area contributed by atoms with Gasteiger partial charge in [0.05, 0.1) is 113 Å². The minimum Gasteiger partial charge on any atom is -0.469 e. The van der Waals surface area contributed by atoms with Gasteiger partial charge in [0.25, 0.3) is 0 Å². The first-order valence-corrected chi connectivity index (χ1v) is 29.8. The maximum Gasteiger partial charge on any atom is 0.313 e. The smallest absolute Gasteiger partial charge is 0.313 e. The number of allylic oxidation sites excluding steroid dienone is 12. The molecule has 0 saturated carbocycles. The molecule has 502 valence electrons. The Labute approximate surface area is 511 Å². The third-order valence-electron chi connectivity index (χ3n) is 16.7. The average molecular weight is 1260 g/mol. The van der Waals surface area contributed by atoms with Gasteiger partial charge in [-0.15, -0.1) is 0 Å². The Morgan fingerprint density at radius 2 is 1.18 bits per heavy atom. The van der Waals surface area contributed by atoms with Crippen molar-refractivity contribution in [3.05, 3.63) is 85.1 Å². The summed E-state index contributed by atoms with van der Waals surface area (Å²) in [5, 5.41) is 189. The molecule has 0 amide bonds. The highest BCUT2D eigenvalue weighted by molar-refractivity contribution is 5.74. The van der Waals surface area contributed by atoms with Crippen LogP contribution in [0.3, 0.4) is 0 Å². The number of rotatable bonds is 9. The maximum absolute atomic E-state index is 13.4. The van der Waals surface area contributed by atoms with E-state index in [9.17, 15) is 96.4 Å². The number of cyclic esters (lactones) is 1. The van der Waals surface area contributed by atoms with E-state index in [1.54, 1.807) is 93.7 Å². The van der Waals surface area contributed by atoms with Gasteiger partial charge < -0.3 is 130 Å². The van der Waals surface area contributed by atoms with Crippen molar-refractivity contribution in [3.63, 3.8) is 0 Å². The molecule has 1 unspecified atom stereocenters. The van der Waals surface area contributed by atoms with E-state index in [1.807, 2.05) is 0 Å². The van der Waals surface area contributed by atoms with Crippen LogP contribution in [0.15, 0.2) is 85.1 Å². The number of carbonyl (C=O) groups excluding carboxylic acids is 2. The van der Waals surface area contributed by atoms with Crippen LogP contribution >= 0.6 is 0 Å². The zero-order chi connectivity index (χ0) is 65.2. The molecule has 0 aromatic heterocycles. The minimum absolute atomic E-state index is 0.168. The Kier molecular flexibility index (Phi) is 30.5. The van der Waals surface area contributed by atoms with Gasteiger partial charge in [0.1, 0.15) is 67.0 Å². The molecule has 0 radical (unpaired) electrons. The van der Waals surface area contributed by atoms with E-state index in [2.05, 4.69) is 5.32 Å². The van der Waals surface area contributed by atoms with Gasteiger partial charge in [0.15, 0.2) is 12.6 Å². The van der Waals surface area contributed by atoms with Crippen molar-refractivity contribution in [2.24, 2.45) is 17.8 Å². The molecule has 5 aliphatic rings. The van der Waals surface area contributed by atoms with E-state index < -0.39 is 221 Å². The molecule has 0 spiro atoms. The average Bonchev–Trinajstić information content (AvgIpc) is 1.56. The van der Waals surface area contributed by atoms with Crippen LogP contribution in [-0.4, -0.2) is 284 Å². The summed E-state index contributed by atoms with van der Waals surface area (Å²) in [5.74, 6) is -6.63. The lowest BCUT2D eigenvalue weighted by atomic mass is 9.83. The highest BCUT2D eigenvalue weighted by atomic mass is 16.7. The first-order valence-electron chi connectivity index (χ1n) is 29.8. The van der Waals surface area contributed by atoms with Gasteiger partial charge in [-0.25, -0.2) is 0 Å². The van der Waals surface area contributed by atoms with Gasteiger partial charge in [0.2, 0.25) is 5.79 Å². The summed E-state index contributed by atoms with van der Waals surface area (Å²) in [4.78, 5) is 26.1. The zero-order valence-corrected chi connectivity index (χ0v) is 50.0. The molecule has 5 heterocycles. The predicted octanol–water partition coefficient (Wildman–Crippen LogP) is -4.29. The van der Waals surface area contributed by atoms with Crippen LogP contribution in [0.25, 0.3) is 0 Å². The molecule has 4 fully saturated rings. The molecule has 28 nitrogen and oxygen atoms in total. The third kappa shape index (κ3) is 21.1. The number of esters is 2. The number of ether oxygens (including phenoxy) is 8. The van der Waals surface area contributed by atoms with Crippen molar-refractivity contribution in [3.8, 4) is 0 Å². The van der Waals surface area contributed by atoms with Crippen LogP contribution in [0.1, 0.15) is 72.6 Å². The Hall–Kier alpha value is -3.84. The molecular formula is C60H95NO27. The van der Waals surface area contributed by atoms with Gasteiger partial charge in [-0.2, -0.15) is 0 Å². The first kappa shape index (κ1) is 74.9. The van der Waals surface area contributed by atoms with Crippen molar-refractivity contribution >= 4 is 11.9 Å². The van der Waals surface area contributed by atoms with Crippen LogP contribution < -0.4 is 5.32 Å². The van der Waals surface area contributed by atoms with Crippen LogP contribution in [-0.2, 0) is 47.5 Å². The molecule has 29 atom stereocenters. The molecule has 0 aromatic rings. The molecule has 4 saturated heterocycles. The summed E-state index contributed by atoms with van der Waals surface area (Å²) in [6.45, 7) is 4.27. The van der Waals surface area contributed by atoms with Gasteiger partial charge in [-0.05, 0) is 33.1 Å². The van der Waals surface area contributed by atoms with E-state index in [1.165, 1.54) is 19.1 Å². The van der Waals surface area contributed by atoms with E-state index in [4.69, 9.17) is 37.9 Å². The Morgan fingerprint density at radius 1 is 0.580 bits per heavy atom. The number of nitrogens with one attached hydrogen (secondary N) is 1. The van der Waals surface area contributed by atoms with Crippen molar-refractivity contribution < 1.29 is 134 Å². The lowest BCUT2D eigenvalue weighted by Gasteiger charge is -2.48. The summed E-state index contributed by atoms with van der Waals surface area (Å²) in [6.07, 6.45) is -16.3. The number of fused-ring (bicyclic) bond motifs is 2. The van der Waals surface area contributed by atoms with Crippen LogP contribution in [0.5, 0.6) is 0 Å². The summed E-state index contributed by atoms with van der Waals surface area (Å²) < 4.78 is 45.5. The third-order valence-corrected chi connectivity index (χ3v) is 16.7. The van der Waals surface area contributed by atoms with E-state index in [-0.39, 0.29) is 31.6 Å². The number of aliphatic hydroxyl groups is 17. The fourth-order valence-corrected chi connectivity index (χ4v) is 11.0. The molecule has 2 bridgehead atoms.